The van der Waals surface area contributed by atoms with Crippen molar-refractivity contribution in [3.8, 4) is 0 Å². The van der Waals surface area contributed by atoms with Gasteiger partial charge >= 0.3 is 0 Å². The second-order valence-corrected chi connectivity index (χ2v) is 7.85. The summed E-state index contributed by atoms with van der Waals surface area (Å²) in [6.45, 7) is 2.04. The van der Waals surface area contributed by atoms with Crippen LogP contribution in [0, 0.1) is 0 Å². The summed E-state index contributed by atoms with van der Waals surface area (Å²) in [5.41, 5.74) is 8.21. The normalized spacial score (nSPS) is 14.0. The first-order valence-electron chi connectivity index (χ1n) is 10.7. The van der Waals surface area contributed by atoms with Gasteiger partial charge in [0.1, 0.15) is 11.6 Å². The fourth-order valence-corrected chi connectivity index (χ4v) is 3.81. The maximum absolute atomic E-state index is 12.5. The van der Waals surface area contributed by atoms with Gasteiger partial charge in [0.2, 0.25) is 0 Å². The number of rotatable bonds is 10. The summed E-state index contributed by atoms with van der Waals surface area (Å²) in [6, 6.07) is 11.2. The molecule has 154 valence electrons. The highest BCUT2D eigenvalue weighted by molar-refractivity contribution is 5.96. The van der Waals surface area contributed by atoms with Gasteiger partial charge in [0.25, 0.3) is 0 Å². The number of nitrogens with two attached hydrogens (primary N) is 1. The molecule has 29 heavy (non-hydrogen) atoms. The van der Waals surface area contributed by atoms with E-state index in [1.54, 1.807) is 6.20 Å². The standard InChI is InChI=1S/C24H31N3O2/c25-22-11-6-5-9-19(22)17-21(28)10-3-1-4-12-23(29)20-13-14-26-24(18-20)27-15-7-2-8-16-27/h5-6,9,11,13-14,18H,1-4,7-8,10,12,15-17,25H2. The summed E-state index contributed by atoms with van der Waals surface area (Å²) < 4.78 is 0. The number of para-hydroxylation sites is 1. The van der Waals surface area contributed by atoms with Crippen LogP contribution in [-0.4, -0.2) is 29.6 Å². The minimum atomic E-state index is 0.161. The first-order valence-corrected chi connectivity index (χ1v) is 10.7. The van der Waals surface area contributed by atoms with E-state index in [2.05, 4.69) is 9.88 Å². The van der Waals surface area contributed by atoms with Crippen molar-refractivity contribution in [2.75, 3.05) is 23.7 Å². The Hall–Kier alpha value is -2.69. The fourth-order valence-electron chi connectivity index (χ4n) is 3.81. The molecule has 2 heterocycles. The topological polar surface area (TPSA) is 76.3 Å². The highest BCUT2D eigenvalue weighted by Crippen LogP contribution is 2.20. The third-order valence-electron chi connectivity index (χ3n) is 5.55. The molecule has 3 rings (SSSR count). The molecule has 1 saturated heterocycles. The van der Waals surface area contributed by atoms with Gasteiger partial charge in [-0.15, -0.1) is 0 Å². The molecule has 0 spiro atoms. The number of ketones is 2. The maximum atomic E-state index is 12.5. The van der Waals surface area contributed by atoms with Crippen LogP contribution in [-0.2, 0) is 11.2 Å². The van der Waals surface area contributed by atoms with E-state index in [-0.39, 0.29) is 11.6 Å². The number of hydrogen-bond acceptors (Lipinski definition) is 5. The Morgan fingerprint density at radius 1 is 0.966 bits per heavy atom. The smallest absolute Gasteiger partial charge is 0.163 e. The molecular formula is C24H31N3O2. The number of nitrogen functional groups attached to an aromatic ring is 1. The molecule has 0 atom stereocenters. The molecular weight excluding hydrogens is 362 g/mol. The largest absolute Gasteiger partial charge is 0.398 e. The quantitative estimate of drug-likeness (QED) is 0.363. The van der Waals surface area contributed by atoms with Crippen molar-refractivity contribution >= 4 is 23.1 Å². The number of hydrogen-bond donors (Lipinski definition) is 1. The zero-order valence-electron chi connectivity index (χ0n) is 17.1. The van der Waals surface area contributed by atoms with E-state index < -0.39 is 0 Å². The molecule has 0 unspecified atom stereocenters. The second kappa shape index (κ2) is 10.7. The summed E-state index contributed by atoms with van der Waals surface area (Å²) in [7, 11) is 0. The van der Waals surface area contributed by atoms with Crippen molar-refractivity contribution in [3.05, 3.63) is 53.7 Å². The summed E-state index contributed by atoms with van der Waals surface area (Å²) in [5, 5.41) is 0. The summed E-state index contributed by atoms with van der Waals surface area (Å²) in [4.78, 5) is 31.4. The highest BCUT2D eigenvalue weighted by atomic mass is 16.1. The van der Waals surface area contributed by atoms with Gasteiger partial charge in [0.15, 0.2) is 5.78 Å². The molecule has 1 aromatic heterocycles. The first kappa shape index (κ1) is 21.0. The lowest BCUT2D eigenvalue weighted by molar-refractivity contribution is -0.118. The van der Waals surface area contributed by atoms with E-state index in [1.165, 1.54) is 19.3 Å². The number of Topliss-reactive ketones (excluding diaryl/α,β-unsaturated/α-hetero) is 2. The zero-order valence-corrected chi connectivity index (χ0v) is 17.1. The molecule has 0 bridgehead atoms. The molecule has 5 nitrogen and oxygen atoms in total. The third-order valence-corrected chi connectivity index (χ3v) is 5.55. The fraction of sp³-hybridized carbons (Fsp3) is 0.458. The maximum Gasteiger partial charge on any atom is 0.163 e. The average Bonchev–Trinajstić information content (AvgIpc) is 2.76. The number of anilines is 2. The number of carbonyl (C=O) groups is 2. The number of pyridine rings is 1. The van der Waals surface area contributed by atoms with Crippen molar-refractivity contribution in [3.63, 3.8) is 0 Å². The summed E-state index contributed by atoms with van der Waals surface area (Å²) >= 11 is 0. The number of piperidine rings is 1. The van der Waals surface area contributed by atoms with Crippen molar-refractivity contribution in [2.24, 2.45) is 0 Å². The lowest BCUT2D eigenvalue weighted by atomic mass is 10.0. The summed E-state index contributed by atoms with van der Waals surface area (Å²) in [5.74, 6) is 1.28. The Labute approximate surface area is 173 Å². The summed E-state index contributed by atoms with van der Waals surface area (Å²) in [6.07, 6.45) is 9.34. The number of unbranched alkanes of at least 4 members (excludes halogenated alkanes) is 2. The van der Waals surface area contributed by atoms with Gasteiger partial charge in [-0.25, -0.2) is 4.98 Å². The Morgan fingerprint density at radius 3 is 2.52 bits per heavy atom. The molecule has 0 saturated carbocycles. The van der Waals surface area contributed by atoms with Gasteiger partial charge in [-0.3, -0.25) is 9.59 Å². The number of carbonyl (C=O) groups excluding carboxylic acids is 2. The monoisotopic (exact) mass is 393 g/mol. The van der Waals surface area contributed by atoms with Crippen molar-refractivity contribution in [2.45, 2.75) is 57.8 Å². The van der Waals surface area contributed by atoms with Crippen molar-refractivity contribution in [1.29, 1.82) is 0 Å². The van der Waals surface area contributed by atoms with E-state index >= 15 is 0 Å². The van der Waals surface area contributed by atoms with Crippen LogP contribution in [0.25, 0.3) is 0 Å². The molecule has 0 radical (unpaired) electrons. The minimum Gasteiger partial charge on any atom is -0.398 e. The van der Waals surface area contributed by atoms with Crippen LogP contribution in [0.15, 0.2) is 42.6 Å². The van der Waals surface area contributed by atoms with Gasteiger partial charge in [-0.2, -0.15) is 0 Å². The molecule has 1 fully saturated rings. The number of aromatic nitrogens is 1. The molecule has 1 aliphatic heterocycles. The van der Waals surface area contributed by atoms with E-state index in [4.69, 9.17) is 5.73 Å². The van der Waals surface area contributed by atoms with Gasteiger partial charge in [-0.05, 0) is 55.9 Å². The van der Waals surface area contributed by atoms with Gasteiger partial charge < -0.3 is 10.6 Å². The molecule has 5 heteroatoms. The number of benzene rings is 1. The van der Waals surface area contributed by atoms with Gasteiger partial charge in [0.05, 0.1) is 0 Å². The minimum absolute atomic E-state index is 0.161. The molecule has 0 amide bonds. The van der Waals surface area contributed by atoms with Crippen LogP contribution in [0.5, 0.6) is 0 Å². The van der Waals surface area contributed by atoms with Gasteiger partial charge in [0, 0.05) is 49.8 Å². The Morgan fingerprint density at radius 2 is 1.72 bits per heavy atom. The third kappa shape index (κ3) is 6.41. The number of nitrogens with zero attached hydrogens (tertiary/aromatic N) is 2. The molecule has 2 aromatic rings. The van der Waals surface area contributed by atoms with Crippen LogP contribution in [0.1, 0.15) is 67.3 Å². The van der Waals surface area contributed by atoms with E-state index in [9.17, 15) is 9.59 Å². The van der Waals surface area contributed by atoms with E-state index in [0.717, 1.165) is 49.3 Å². The lowest BCUT2D eigenvalue weighted by Crippen LogP contribution is -2.30. The molecule has 1 aromatic carbocycles. The van der Waals surface area contributed by atoms with Gasteiger partial charge in [-0.1, -0.05) is 24.6 Å². The SMILES string of the molecule is Nc1ccccc1CC(=O)CCCCCC(=O)c1ccnc(N2CCCCC2)c1. The lowest BCUT2D eigenvalue weighted by Gasteiger charge is -2.27. The molecule has 2 N–H and O–H groups in total. The van der Waals surface area contributed by atoms with Crippen LogP contribution in [0.3, 0.4) is 0 Å². The van der Waals surface area contributed by atoms with Crippen molar-refractivity contribution < 1.29 is 9.59 Å². The predicted octanol–water partition coefficient (Wildman–Crippen LogP) is 4.60. The Balaban J connectivity index is 1.38. The predicted molar refractivity (Wildman–Crippen MR) is 117 cm³/mol. The molecule has 0 aliphatic carbocycles. The van der Waals surface area contributed by atoms with Crippen LogP contribution < -0.4 is 10.6 Å². The van der Waals surface area contributed by atoms with Crippen LogP contribution in [0.2, 0.25) is 0 Å². The van der Waals surface area contributed by atoms with E-state index in [0.29, 0.717) is 24.9 Å². The zero-order chi connectivity index (χ0) is 20.5. The van der Waals surface area contributed by atoms with Crippen LogP contribution in [0.4, 0.5) is 11.5 Å². The highest BCUT2D eigenvalue weighted by Gasteiger charge is 2.14. The molecule has 1 aliphatic rings. The second-order valence-electron chi connectivity index (χ2n) is 7.85. The first-order chi connectivity index (χ1) is 14.1. The van der Waals surface area contributed by atoms with Crippen molar-refractivity contribution in [1.82, 2.24) is 4.98 Å². The Bertz CT molecular complexity index is 828. The van der Waals surface area contributed by atoms with Crippen LogP contribution >= 0.6 is 0 Å². The van der Waals surface area contributed by atoms with E-state index in [1.807, 2.05) is 36.4 Å². The Kier molecular flexibility index (Phi) is 7.79. The average molecular weight is 394 g/mol.